The lowest BCUT2D eigenvalue weighted by Crippen LogP contribution is -1.98. The second-order valence-electron chi connectivity index (χ2n) is 3.34. The lowest BCUT2D eigenvalue weighted by Gasteiger charge is -2.04. The number of hydrogen-bond donors (Lipinski definition) is 1. The highest BCUT2D eigenvalue weighted by Crippen LogP contribution is 2.26. The monoisotopic (exact) mass is 251 g/mol. The Morgan fingerprint density at radius 1 is 1.35 bits per heavy atom. The first-order chi connectivity index (χ1) is 8.09. The molecule has 17 heavy (non-hydrogen) atoms. The van der Waals surface area contributed by atoms with E-state index in [1.54, 1.807) is 6.07 Å². The topological polar surface area (TPSA) is 50.2 Å². The van der Waals surface area contributed by atoms with E-state index in [1.807, 2.05) is 0 Å². The molecule has 1 aromatic heterocycles. The average molecular weight is 252 g/mol. The van der Waals surface area contributed by atoms with E-state index in [0.29, 0.717) is 0 Å². The molecule has 3 nitrogen and oxygen atoms in total. The Balaban J connectivity index is 2.57. The van der Waals surface area contributed by atoms with Gasteiger partial charge in [0.05, 0.1) is 16.3 Å². The largest absolute Gasteiger partial charge is 0.478 e. The first-order valence-electron chi connectivity index (χ1n) is 4.73. The van der Waals surface area contributed by atoms with E-state index in [-0.39, 0.29) is 21.8 Å². The fraction of sp³-hybridized carbons (Fsp3) is 0. The van der Waals surface area contributed by atoms with Crippen LogP contribution < -0.4 is 0 Å². The Labute approximate surface area is 101 Å². The molecule has 0 atom stereocenters. The number of benzene rings is 1. The first kappa shape index (κ1) is 11.5. The van der Waals surface area contributed by atoms with Gasteiger partial charge < -0.3 is 5.11 Å². The maximum absolute atomic E-state index is 13.7. The van der Waals surface area contributed by atoms with Gasteiger partial charge >= 0.3 is 5.97 Å². The van der Waals surface area contributed by atoms with Gasteiger partial charge in [-0.15, -0.1) is 0 Å². The second-order valence-corrected chi connectivity index (χ2v) is 3.74. The molecule has 1 heterocycles. The minimum absolute atomic E-state index is 0.0231. The third kappa shape index (κ3) is 2.26. The minimum atomic E-state index is -1.09. The van der Waals surface area contributed by atoms with Crippen LogP contribution in [-0.4, -0.2) is 16.1 Å². The van der Waals surface area contributed by atoms with E-state index in [1.165, 1.54) is 30.5 Å². The van der Waals surface area contributed by atoms with Gasteiger partial charge in [-0.1, -0.05) is 17.7 Å². The Bertz CT molecular complexity index is 586. The number of halogens is 2. The summed E-state index contributed by atoms with van der Waals surface area (Å²) in [6.45, 7) is 0. The fourth-order valence-corrected chi connectivity index (χ4v) is 1.59. The maximum atomic E-state index is 13.7. The Morgan fingerprint density at radius 2 is 2.12 bits per heavy atom. The van der Waals surface area contributed by atoms with Gasteiger partial charge in [-0.05, 0) is 24.3 Å². The van der Waals surface area contributed by atoms with Crippen molar-refractivity contribution in [2.24, 2.45) is 0 Å². The molecule has 0 aliphatic rings. The van der Waals surface area contributed by atoms with E-state index in [2.05, 4.69) is 4.98 Å². The molecule has 0 bridgehead atoms. The molecule has 0 aliphatic heterocycles. The van der Waals surface area contributed by atoms with E-state index in [0.717, 1.165) is 0 Å². The number of hydrogen-bond acceptors (Lipinski definition) is 2. The third-order valence-electron chi connectivity index (χ3n) is 2.23. The summed E-state index contributed by atoms with van der Waals surface area (Å²) in [5, 5.41) is 8.81. The van der Waals surface area contributed by atoms with Crippen molar-refractivity contribution in [2.45, 2.75) is 0 Å². The van der Waals surface area contributed by atoms with Gasteiger partial charge in [-0.3, -0.25) is 4.98 Å². The third-order valence-corrected chi connectivity index (χ3v) is 2.53. The van der Waals surface area contributed by atoms with Crippen molar-refractivity contribution >= 4 is 17.6 Å². The quantitative estimate of drug-likeness (QED) is 0.891. The van der Waals surface area contributed by atoms with Gasteiger partial charge in [-0.2, -0.15) is 0 Å². The van der Waals surface area contributed by atoms with Gasteiger partial charge in [-0.25, -0.2) is 9.18 Å². The molecule has 2 aromatic rings. The zero-order valence-electron chi connectivity index (χ0n) is 8.52. The Hall–Kier alpha value is -1.94. The molecule has 5 heteroatoms. The number of aromatic carboxylic acids is 1. The van der Waals surface area contributed by atoms with Crippen LogP contribution in [0.3, 0.4) is 0 Å². The fourth-order valence-electron chi connectivity index (χ4n) is 1.41. The van der Waals surface area contributed by atoms with Crippen LogP contribution >= 0.6 is 11.6 Å². The summed E-state index contributed by atoms with van der Waals surface area (Å²) >= 11 is 5.65. The molecular weight excluding hydrogens is 245 g/mol. The van der Waals surface area contributed by atoms with Crippen molar-refractivity contribution in [1.29, 1.82) is 0 Å². The molecule has 0 aliphatic carbocycles. The molecule has 1 N–H and O–H groups in total. The highest BCUT2D eigenvalue weighted by atomic mass is 35.5. The average Bonchev–Trinajstić information content (AvgIpc) is 2.33. The van der Waals surface area contributed by atoms with E-state index >= 15 is 0 Å². The molecule has 1 aromatic carbocycles. The molecule has 0 saturated carbocycles. The van der Waals surface area contributed by atoms with E-state index < -0.39 is 11.8 Å². The van der Waals surface area contributed by atoms with Crippen LogP contribution in [0.5, 0.6) is 0 Å². The van der Waals surface area contributed by atoms with Gasteiger partial charge in [0.15, 0.2) is 5.82 Å². The smallest absolute Gasteiger partial charge is 0.335 e. The van der Waals surface area contributed by atoms with Crippen molar-refractivity contribution in [3.8, 4) is 11.3 Å². The lowest BCUT2D eigenvalue weighted by molar-refractivity contribution is 0.0697. The van der Waals surface area contributed by atoms with Crippen LogP contribution in [0.4, 0.5) is 4.39 Å². The molecule has 0 fully saturated rings. The van der Waals surface area contributed by atoms with Crippen molar-refractivity contribution in [2.75, 3.05) is 0 Å². The van der Waals surface area contributed by atoms with Crippen molar-refractivity contribution < 1.29 is 14.3 Å². The molecule has 0 unspecified atom stereocenters. The number of pyridine rings is 1. The number of carboxylic acids is 1. The van der Waals surface area contributed by atoms with Crippen molar-refractivity contribution in [3.05, 3.63) is 52.9 Å². The molecule has 0 amide bonds. The molecule has 86 valence electrons. The van der Waals surface area contributed by atoms with Gasteiger partial charge in [0.2, 0.25) is 0 Å². The summed E-state index contributed by atoms with van der Waals surface area (Å²) < 4.78 is 13.7. The first-order valence-corrected chi connectivity index (χ1v) is 5.11. The number of carbonyl (C=O) groups is 1. The number of aromatic nitrogens is 1. The van der Waals surface area contributed by atoms with Crippen LogP contribution in [0.2, 0.25) is 5.02 Å². The SMILES string of the molecule is O=C(O)c1ccnc(-c2cccc(Cl)c2F)c1. The number of rotatable bonds is 2. The number of nitrogens with zero attached hydrogens (tertiary/aromatic N) is 1. The van der Waals surface area contributed by atoms with Crippen molar-refractivity contribution in [3.63, 3.8) is 0 Å². The van der Waals surface area contributed by atoms with Crippen LogP contribution in [0.15, 0.2) is 36.5 Å². The van der Waals surface area contributed by atoms with Gasteiger partial charge in [0.1, 0.15) is 0 Å². The zero-order valence-corrected chi connectivity index (χ0v) is 9.28. The summed E-state index contributed by atoms with van der Waals surface area (Å²) in [6.07, 6.45) is 1.32. The number of carboxylic acid groups (broad SMARTS) is 1. The zero-order chi connectivity index (χ0) is 12.4. The molecule has 0 radical (unpaired) electrons. The Morgan fingerprint density at radius 3 is 2.82 bits per heavy atom. The van der Waals surface area contributed by atoms with Crippen molar-refractivity contribution in [1.82, 2.24) is 4.98 Å². The van der Waals surface area contributed by atoms with Crippen LogP contribution in [0.25, 0.3) is 11.3 Å². The summed E-state index contributed by atoms with van der Waals surface area (Å²) in [6, 6.07) is 7.14. The van der Waals surface area contributed by atoms with E-state index in [4.69, 9.17) is 16.7 Å². The highest BCUT2D eigenvalue weighted by molar-refractivity contribution is 6.31. The molecule has 0 saturated heterocycles. The molecule has 2 rings (SSSR count). The van der Waals surface area contributed by atoms with Gasteiger partial charge in [0, 0.05) is 11.8 Å². The predicted molar refractivity (Wildman–Crippen MR) is 61.6 cm³/mol. The van der Waals surface area contributed by atoms with Gasteiger partial charge in [0.25, 0.3) is 0 Å². The predicted octanol–water partition coefficient (Wildman–Crippen LogP) is 3.24. The van der Waals surface area contributed by atoms with Crippen LogP contribution in [0, 0.1) is 5.82 Å². The standard InChI is InChI=1S/C12H7ClFNO2/c13-9-3-1-2-8(11(9)14)10-6-7(12(16)17)4-5-15-10/h1-6H,(H,16,17). The van der Waals surface area contributed by atoms with Crippen LogP contribution in [-0.2, 0) is 0 Å². The Kier molecular flexibility index (Phi) is 3.06. The highest BCUT2D eigenvalue weighted by Gasteiger charge is 2.11. The summed E-state index contributed by atoms with van der Waals surface area (Å²) in [7, 11) is 0. The molecular formula is C12H7ClFNO2. The molecule has 0 spiro atoms. The lowest BCUT2D eigenvalue weighted by atomic mass is 10.1. The second kappa shape index (κ2) is 4.51. The minimum Gasteiger partial charge on any atom is -0.478 e. The maximum Gasteiger partial charge on any atom is 0.335 e. The summed E-state index contributed by atoms with van der Waals surface area (Å²) in [5.74, 6) is -1.69. The van der Waals surface area contributed by atoms with E-state index in [9.17, 15) is 9.18 Å². The summed E-state index contributed by atoms with van der Waals surface area (Å²) in [4.78, 5) is 14.7. The summed E-state index contributed by atoms with van der Waals surface area (Å²) in [5.41, 5.74) is 0.472. The normalized spacial score (nSPS) is 10.2. The van der Waals surface area contributed by atoms with Crippen LogP contribution in [0.1, 0.15) is 10.4 Å².